The van der Waals surface area contributed by atoms with Crippen LogP contribution in [-0.2, 0) is 4.79 Å². The van der Waals surface area contributed by atoms with Crippen molar-refractivity contribution in [2.75, 3.05) is 0 Å². The summed E-state index contributed by atoms with van der Waals surface area (Å²) >= 11 is 9.48. The summed E-state index contributed by atoms with van der Waals surface area (Å²) in [5, 5.41) is 3.50. The molecule has 0 bridgehead atoms. The number of hydrogen-bond acceptors (Lipinski definition) is 2. The van der Waals surface area contributed by atoms with E-state index in [2.05, 4.69) is 21.2 Å². The number of nitrogens with one attached hydrogen (secondary N) is 1. The summed E-state index contributed by atoms with van der Waals surface area (Å²) in [4.78, 5) is 11.4. The maximum atomic E-state index is 11.4. The molecule has 1 aromatic rings. The Kier molecular flexibility index (Phi) is 3.52. The van der Waals surface area contributed by atoms with Crippen LogP contribution in [0.4, 0.5) is 0 Å². The molecule has 1 saturated heterocycles. The Bertz CT molecular complexity index is 424. The number of piperidine rings is 1. The van der Waals surface area contributed by atoms with Gasteiger partial charge in [0.05, 0.1) is 6.04 Å². The molecule has 3 N–H and O–H groups in total. The van der Waals surface area contributed by atoms with E-state index in [1.54, 1.807) is 0 Å². The summed E-state index contributed by atoms with van der Waals surface area (Å²) in [6.07, 6.45) is 1.19. The minimum absolute atomic E-state index is 0.0330. The van der Waals surface area contributed by atoms with Gasteiger partial charge in [-0.05, 0) is 24.1 Å². The standard InChI is InChI=1S/C11H12BrClN2O/c12-6-1-2-7(8(13)5-6)11-9(14)3-4-10(16)15-11/h1-2,5,9,11H,3-4,14H2,(H,15,16). The molecule has 1 fully saturated rings. The van der Waals surface area contributed by atoms with Gasteiger partial charge in [0, 0.05) is 22.0 Å². The van der Waals surface area contributed by atoms with Crippen molar-refractivity contribution in [3.8, 4) is 0 Å². The fraction of sp³-hybridized carbons (Fsp3) is 0.364. The number of benzene rings is 1. The number of nitrogens with two attached hydrogens (primary N) is 1. The van der Waals surface area contributed by atoms with E-state index < -0.39 is 0 Å². The fourth-order valence-electron chi connectivity index (χ4n) is 1.88. The Hall–Kier alpha value is -0.580. The zero-order chi connectivity index (χ0) is 11.7. The first-order valence-corrected chi connectivity index (χ1v) is 6.25. The number of halogens is 2. The highest BCUT2D eigenvalue weighted by molar-refractivity contribution is 9.10. The van der Waals surface area contributed by atoms with Crippen LogP contribution in [0.3, 0.4) is 0 Å². The number of amides is 1. The lowest BCUT2D eigenvalue weighted by molar-refractivity contribution is -0.123. The van der Waals surface area contributed by atoms with Gasteiger partial charge in [-0.3, -0.25) is 4.79 Å². The Morgan fingerprint density at radius 2 is 2.25 bits per heavy atom. The number of carbonyl (C=O) groups excluding carboxylic acids is 1. The fourth-order valence-corrected chi connectivity index (χ4v) is 2.67. The lowest BCUT2D eigenvalue weighted by Gasteiger charge is -2.30. The molecular weight excluding hydrogens is 291 g/mol. The second kappa shape index (κ2) is 4.73. The van der Waals surface area contributed by atoms with Gasteiger partial charge in [0.25, 0.3) is 0 Å². The lowest BCUT2D eigenvalue weighted by Crippen LogP contribution is -2.45. The normalized spacial score (nSPS) is 25.3. The van der Waals surface area contributed by atoms with E-state index in [0.717, 1.165) is 10.0 Å². The predicted molar refractivity (Wildman–Crippen MR) is 67.2 cm³/mol. The first-order valence-electron chi connectivity index (χ1n) is 5.08. The molecule has 0 spiro atoms. The molecule has 1 aliphatic rings. The summed E-state index contributed by atoms with van der Waals surface area (Å²) in [6.45, 7) is 0. The summed E-state index contributed by atoms with van der Waals surface area (Å²) < 4.78 is 0.914. The Labute approximate surface area is 107 Å². The average molecular weight is 304 g/mol. The molecule has 0 radical (unpaired) electrons. The Morgan fingerprint density at radius 1 is 1.50 bits per heavy atom. The quantitative estimate of drug-likeness (QED) is 0.837. The van der Waals surface area contributed by atoms with Crippen LogP contribution in [0.5, 0.6) is 0 Å². The smallest absolute Gasteiger partial charge is 0.220 e. The lowest BCUT2D eigenvalue weighted by atomic mass is 9.93. The summed E-state index contributed by atoms with van der Waals surface area (Å²) in [6, 6.07) is 5.35. The minimum atomic E-state index is -0.179. The third kappa shape index (κ3) is 2.39. The Balaban J connectivity index is 2.31. The van der Waals surface area contributed by atoms with Crippen LogP contribution in [0.1, 0.15) is 24.4 Å². The zero-order valence-corrected chi connectivity index (χ0v) is 10.9. The number of carbonyl (C=O) groups is 1. The molecule has 1 aromatic carbocycles. The molecule has 0 aliphatic carbocycles. The molecule has 86 valence electrons. The third-order valence-electron chi connectivity index (χ3n) is 2.75. The maximum Gasteiger partial charge on any atom is 0.220 e. The van der Waals surface area contributed by atoms with Crippen LogP contribution in [0.15, 0.2) is 22.7 Å². The van der Waals surface area contributed by atoms with Crippen molar-refractivity contribution in [2.24, 2.45) is 5.73 Å². The molecule has 1 aliphatic heterocycles. The summed E-state index contributed by atoms with van der Waals surface area (Å²) in [7, 11) is 0. The van der Waals surface area contributed by atoms with E-state index in [-0.39, 0.29) is 18.0 Å². The van der Waals surface area contributed by atoms with Crippen molar-refractivity contribution in [3.05, 3.63) is 33.3 Å². The minimum Gasteiger partial charge on any atom is -0.348 e. The highest BCUT2D eigenvalue weighted by Crippen LogP contribution is 2.30. The van der Waals surface area contributed by atoms with Gasteiger partial charge in [0.2, 0.25) is 5.91 Å². The topological polar surface area (TPSA) is 55.1 Å². The van der Waals surface area contributed by atoms with Gasteiger partial charge in [-0.1, -0.05) is 33.6 Å². The highest BCUT2D eigenvalue weighted by atomic mass is 79.9. The molecule has 16 heavy (non-hydrogen) atoms. The molecule has 1 amide bonds. The largest absolute Gasteiger partial charge is 0.348 e. The van der Waals surface area contributed by atoms with Gasteiger partial charge in [-0.2, -0.15) is 0 Å². The molecule has 2 rings (SSSR count). The van der Waals surface area contributed by atoms with E-state index in [1.165, 1.54) is 0 Å². The molecule has 0 saturated carbocycles. The summed E-state index contributed by atoms with van der Waals surface area (Å²) in [5.74, 6) is 0.0330. The molecule has 2 unspecified atom stereocenters. The van der Waals surface area contributed by atoms with Crippen molar-refractivity contribution < 1.29 is 4.79 Å². The summed E-state index contributed by atoms with van der Waals surface area (Å²) in [5.41, 5.74) is 6.88. The van der Waals surface area contributed by atoms with E-state index in [4.69, 9.17) is 17.3 Å². The van der Waals surface area contributed by atoms with Gasteiger partial charge in [-0.15, -0.1) is 0 Å². The second-order valence-electron chi connectivity index (χ2n) is 3.91. The van der Waals surface area contributed by atoms with E-state index in [1.807, 2.05) is 18.2 Å². The monoisotopic (exact) mass is 302 g/mol. The van der Waals surface area contributed by atoms with Crippen molar-refractivity contribution in [1.29, 1.82) is 0 Å². The van der Waals surface area contributed by atoms with E-state index in [9.17, 15) is 4.79 Å². The van der Waals surface area contributed by atoms with Gasteiger partial charge < -0.3 is 11.1 Å². The number of rotatable bonds is 1. The first-order chi connectivity index (χ1) is 7.58. The van der Waals surface area contributed by atoms with Gasteiger partial charge in [-0.25, -0.2) is 0 Å². The van der Waals surface area contributed by atoms with Crippen molar-refractivity contribution in [2.45, 2.75) is 24.9 Å². The van der Waals surface area contributed by atoms with Crippen LogP contribution in [0.25, 0.3) is 0 Å². The predicted octanol–water partition coefficient (Wildman–Crippen LogP) is 2.38. The second-order valence-corrected chi connectivity index (χ2v) is 5.24. The molecule has 1 heterocycles. The molecule has 5 heteroatoms. The van der Waals surface area contributed by atoms with Crippen LogP contribution >= 0.6 is 27.5 Å². The van der Waals surface area contributed by atoms with Crippen LogP contribution in [0, 0.1) is 0 Å². The molecular formula is C11H12BrClN2O. The highest BCUT2D eigenvalue weighted by Gasteiger charge is 2.28. The van der Waals surface area contributed by atoms with Crippen molar-refractivity contribution >= 4 is 33.4 Å². The van der Waals surface area contributed by atoms with Crippen LogP contribution in [-0.4, -0.2) is 11.9 Å². The zero-order valence-electron chi connectivity index (χ0n) is 8.54. The first kappa shape index (κ1) is 11.9. The van der Waals surface area contributed by atoms with Crippen LogP contribution < -0.4 is 11.1 Å². The molecule has 0 aromatic heterocycles. The Morgan fingerprint density at radius 3 is 2.94 bits per heavy atom. The molecule has 2 atom stereocenters. The maximum absolute atomic E-state index is 11.4. The number of hydrogen-bond donors (Lipinski definition) is 2. The average Bonchev–Trinajstić information content (AvgIpc) is 2.22. The molecule has 3 nitrogen and oxygen atoms in total. The SMILES string of the molecule is NC1CCC(=O)NC1c1ccc(Br)cc1Cl. The van der Waals surface area contributed by atoms with Crippen molar-refractivity contribution in [1.82, 2.24) is 5.32 Å². The third-order valence-corrected chi connectivity index (χ3v) is 3.57. The van der Waals surface area contributed by atoms with Gasteiger partial charge in [0.15, 0.2) is 0 Å². The van der Waals surface area contributed by atoms with Gasteiger partial charge >= 0.3 is 0 Å². The van der Waals surface area contributed by atoms with E-state index >= 15 is 0 Å². The van der Waals surface area contributed by atoms with Crippen molar-refractivity contribution in [3.63, 3.8) is 0 Å². The van der Waals surface area contributed by atoms with E-state index in [0.29, 0.717) is 17.9 Å². The van der Waals surface area contributed by atoms with Crippen LogP contribution in [0.2, 0.25) is 5.02 Å². The van der Waals surface area contributed by atoms with Gasteiger partial charge in [0.1, 0.15) is 0 Å².